The van der Waals surface area contributed by atoms with Crippen LogP contribution in [-0.2, 0) is 0 Å². The van der Waals surface area contributed by atoms with Crippen molar-refractivity contribution in [3.8, 4) is 0 Å². The third-order valence-electron chi connectivity index (χ3n) is 5.88. The van der Waals surface area contributed by atoms with E-state index in [4.69, 9.17) is 33.8 Å². The number of aromatic nitrogens is 2. The number of hydrogen-bond acceptors (Lipinski definition) is 9. The van der Waals surface area contributed by atoms with Gasteiger partial charge in [-0.15, -0.1) is 0 Å². The van der Waals surface area contributed by atoms with Gasteiger partial charge in [-0.2, -0.15) is 9.97 Å². The van der Waals surface area contributed by atoms with E-state index in [1.54, 1.807) is 0 Å². The van der Waals surface area contributed by atoms with Crippen molar-refractivity contribution in [1.29, 1.82) is 0 Å². The van der Waals surface area contributed by atoms with Gasteiger partial charge in [0.2, 0.25) is 5.95 Å². The van der Waals surface area contributed by atoms with E-state index < -0.39 is 0 Å². The lowest BCUT2D eigenvalue weighted by Crippen LogP contribution is -2.37. The number of likely N-dealkylation sites (N-methyl/N-ethyl adjacent to an activating group) is 5. The van der Waals surface area contributed by atoms with E-state index in [0.717, 1.165) is 75.6 Å². The molecule has 38 heavy (non-hydrogen) atoms. The van der Waals surface area contributed by atoms with Gasteiger partial charge in [0.25, 0.3) is 0 Å². The molecule has 0 saturated carbocycles. The highest BCUT2D eigenvalue weighted by Gasteiger charge is 2.13. The molecule has 0 saturated heterocycles. The molecule has 0 aliphatic heterocycles. The molecule has 0 aliphatic rings. The number of rotatable bonds is 16. The van der Waals surface area contributed by atoms with Crippen molar-refractivity contribution < 1.29 is 0 Å². The summed E-state index contributed by atoms with van der Waals surface area (Å²) in [6.45, 7) is 6.84. The minimum atomic E-state index is 0.594. The maximum absolute atomic E-state index is 5.94. The molecule has 3 N–H and O–H groups in total. The molecule has 0 atom stereocenters. The van der Waals surface area contributed by atoms with Crippen molar-refractivity contribution in [1.82, 2.24) is 30.0 Å². The maximum atomic E-state index is 5.94. The van der Waals surface area contributed by atoms with Gasteiger partial charge in [0.15, 0.2) is 5.11 Å². The van der Waals surface area contributed by atoms with Crippen LogP contribution in [0.25, 0.3) is 0 Å². The van der Waals surface area contributed by atoms with Crippen LogP contribution in [-0.4, -0.2) is 131 Å². The molecule has 0 spiro atoms. The second kappa shape index (κ2) is 16.5. The minimum absolute atomic E-state index is 0.594. The number of thiocarbonyl (C=S) groups is 1. The molecule has 12 heteroatoms. The SMILES string of the molecule is CN(C)CCN(C)c1cc(NCCN(C)CCNC(=S)Nc2ccc(Cl)cc2)nc(N(C)CCN(C)C)n1. The lowest BCUT2D eigenvalue weighted by atomic mass is 10.3. The zero-order valence-corrected chi connectivity index (χ0v) is 25.5. The molecule has 2 rings (SSSR count). The Morgan fingerprint density at radius 2 is 1.39 bits per heavy atom. The molecule has 0 unspecified atom stereocenters. The van der Waals surface area contributed by atoms with Crippen LogP contribution in [0.4, 0.5) is 23.3 Å². The third kappa shape index (κ3) is 12.4. The molecule has 10 nitrogen and oxygen atoms in total. The van der Waals surface area contributed by atoms with Crippen LogP contribution in [0.3, 0.4) is 0 Å². The molecule has 0 fully saturated rings. The quantitative estimate of drug-likeness (QED) is 0.263. The van der Waals surface area contributed by atoms with E-state index in [1.807, 2.05) is 37.4 Å². The number of benzene rings is 1. The number of nitrogens with one attached hydrogen (secondary N) is 3. The highest BCUT2D eigenvalue weighted by molar-refractivity contribution is 7.80. The first-order valence-electron chi connectivity index (χ1n) is 12.9. The van der Waals surface area contributed by atoms with Crippen LogP contribution in [0.5, 0.6) is 0 Å². The van der Waals surface area contributed by atoms with Gasteiger partial charge in [0.1, 0.15) is 11.6 Å². The Morgan fingerprint density at radius 3 is 2.03 bits per heavy atom. The van der Waals surface area contributed by atoms with Crippen molar-refractivity contribution in [2.24, 2.45) is 0 Å². The zero-order valence-electron chi connectivity index (χ0n) is 24.0. The van der Waals surface area contributed by atoms with Crippen LogP contribution >= 0.6 is 23.8 Å². The fraction of sp³-hybridized carbons (Fsp3) is 0.577. The van der Waals surface area contributed by atoms with Gasteiger partial charge in [-0.25, -0.2) is 0 Å². The van der Waals surface area contributed by atoms with E-state index >= 15 is 0 Å². The summed E-state index contributed by atoms with van der Waals surface area (Å²) in [5.74, 6) is 2.47. The highest BCUT2D eigenvalue weighted by Crippen LogP contribution is 2.19. The molecular formula is C26H45ClN10S. The smallest absolute Gasteiger partial charge is 0.229 e. The fourth-order valence-corrected chi connectivity index (χ4v) is 3.69. The maximum Gasteiger partial charge on any atom is 0.229 e. The van der Waals surface area contributed by atoms with Crippen molar-refractivity contribution >= 4 is 52.2 Å². The van der Waals surface area contributed by atoms with E-state index in [2.05, 4.69) is 82.7 Å². The summed E-state index contributed by atoms with van der Waals surface area (Å²) in [6, 6.07) is 9.50. The van der Waals surface area contributed by atoms with Crippen LogP contribution in [0.15, 0.2) is 30.3 Å². The molecule has 0 aliphatic carbocycles. The number of halogens is 1. The average molecular weight is 565 g/mol. The molecule has 0 amide bonds. The Labute approximate surface area is 239 Å². The summed E-state index contributed by atoms with van der Waals surface area (Å²) >= 11 is 11.3. The van der Waals surface area contributed by atoms with E-state index in [-0.39, 0.29) is 0 Å². The van der Waals surface area contributed by atoms with Gasteiger partial charge in [-0.05, 0) is 71.7 Å². The Hall–Kier alpha value is -2.44. The third-order valence-corrected chi connectivity index (χ3v) is 6.38. The first-order valence-corrected chi connectivity index (χ1v) is 13.7. The summed E-state index contributed by atoms with van der Waals surface area (Å²) in [5.41, 5.74) is 0.910. The molecule has 1 aromatic heterocycles. The Bertz CT molecular complexity index is 937. The molecule has 1 aromatic carbocycles. The average Bonchev–Trinajstić information content (AvgIpc) is 2.87. The summed E-state index contributed by atoms with van der Waals surface area (Å²) in [5, 5.41) is 11.2. The molecule has 2 aromatic rings. The largest absolute Gasteiger partial charge is 0.369 e. The predicted molar refractivity (Wildman–Crippen MR) is 167 cm³/mol. The summed E-state index contributed by atoms with van der Waals surface area (Å²) in [4.78, 5) is 20.5. The van der Waals surface area contributed by atoms with Gasteiger partial charge in [0, 0.05) is 83.2 Å². The second-order valence-electron chi connectivity index (χ2n) is 9.98. The van der Waals surface area contributed by atoms with Gasteiger partial charge in [-0.1, -0.05) is 11.6 Å². The first-order chi connectivity index (χ1) is 18.0. The van der Waals surface area contributed by atoms with Crippen LogP contribution in [0.1, 0.15) is 0 Å². The van der Waals surface area contributed by atoms with E-state index in [1.165, 1.54) is 0 Å². The number of hydrogen-bond donors (Lipinski definition) is 3. The van der Waals surface area contributed by atoms with Gasteiger partial charge < -0.3 is 40.4 Å². The molecule has 212 valence electrons. The first kappa shape index (κ1) is 31.8. The van der Waals surface area contributed by atoms with Crippen molar-refractivity contribution in [3.63, 3.8) is 0 Å². The summed E-state index contributed by atoms with van der Waals surface area (Å²) in [7, 11) is 14.5. The zero-order chi connectivity index (χ0) is 28.1. The van der Waals surface area contributed by atoms with Crippen LogP contribution in [0.2, 0.25) is 5.02 Å². The fourth-order valence-electron chi connectivity index (χ4n) is 3.35. The van der Waals surface area contributed by atoms with Gasteiger partial charge >= 0.3 is 0 Å². The molecular weight excluding hydrogens is 520 g/mol. The van der Waals surface area contributed by atoms with Crippen LogP contribution in [0, 0.1) is 0 Å². The normalized spacial score (nSPS) is 11.2. The van der Waals surface area contributed by atoms with Gasteiger partial charge in [0.05, 0.1) is 0 Å². The van der Waals surface area contributed by atoms with Gasteiger partial charge in [-0.3, -0.25) is 0 Å². The molecule has 0 bridgehead atoms. The minimum Gasteiger partial charge on any atom is -0.369 e. The van der Waals surface area contributed by atoms with Crippen molar-refractivity contribution in [2.75, 3.05) is 122 Å². The van der Waals surface area contributed by atoms with Crippen molar-refractivity contribution in [2.45, 2.75) is 0 Å². The summed E-state index contributed by atoms with van der Waals surface area (Å²) in [6.07, 6.45) is 0. The van der Waals surface area contributed by atoms with E-state index in [9.17, 15) is 0 Å². The highest BCUT2D eigenvalue weighted by atomic mass is 35.5. The summed E-state index contributed by atoms with van der Waals surface area (Å²) < 4.78 is 0. The van der Waals surface area contributed by atoms with Crippen molar-refractivity contribution in [3.05, 3.63) is 35.4 Å². The number of anilines is 4. The van der Waals surface area contributed by atoms with Crippen LogP contribution < -0.4 is 25.8 Å². The Balaban J connectivity index is 1.87. The standard InChI is InChI=1S/C26H45ClN10S/c1-33(2)16-18-36(6)24-20-23(31-25(32-24)37(7)19-17-34(3)4)28-12-14-35(5)15-13-29-26(38)30-22-10-8-21(27)9-11-22/h8-11,20H,12-19H2,1-7H3,(H,28,31,32)(H2,29,30,38). The Morgan fingerprint density at radius 1 is 0.789 bits per heavy atom. The molecule has 1 heterocycles. The topological polar surface area (TPSA) is 78.1 Å². The molecule has 0 radical (unpaired) electrons. The lowest BCUT2D eigenvalue weighted by Gasteiger charge is -2.25. The Kier molecular flexibility index (Phi) is 13.8. The van der Waals surface area contributed by atoms with E-state index in [0.29, 0.717) is 10.1 Å². The lowest BCUT2D eigenvalue weighted by molar-refractivity contribution is 0.352. The monoisotopic (exact) mass is 564 g/mol. The number of nitrogens with zero attached hydrogens (tertiary/aromatic N) is 7. The predicted octanol–water partition coefficient (Wildman–Crippen LogP) is 2.46. The second-order valence-corrected chi connectivity index (χ2v) is 10.8.